The lowest BCUT2D eigenvalue weighted by molar-refractivity contribution is 0.0968. The second-order valence-corrected chi connectivity index (χ2v) is 3.83. The summed E-state index contributed by atoms with van der Waals surface area (Å²) in [7, 11) is 1.60. The van der Waals surface area contributed by atoms with Crippen LogP contribution in [0.4, 0.5) is 0 Å². The van der Waals surface area contributed by atoms with Gasteiger partial charge in [-0.05, 0) is 31.9 Å². The van der Waals surface area contributed by atoms with Crippen LogP contribution in [0.3, 0.4) is 0 Å². The monoisotopic (exact) mass is 220 g/mol. The van der Waals surface area contributed by atoms with E-state index in [4.69, 9.17) is 9.47 Å². The first-order valence-electron chi connectivity index (χ1n) is 5.63. The van der Waals surface area contributed by atoms with Gasteiger partial charge in [0.05, 0.1) is 19.3 Å². The number of ether oxygens (including phenoxy) is 2. The topological polar surface area (TPSA) is 35.5 Å². The highest BCUT2D eigenvalue weighted by atomic mass is 16.5. The van der Waals surface area contributed by atoms with Crippen molar-refractivity contribution in [2.45, 2.75) is 26.2 Å². The Kier molecular flexibility index (Phi) is 3.13. The molecule has 0 amide bonds. The van der Waals surface area contributed by atoms with Crippen LogP contribution in [-0.4, -0.2) is 19.5 Å². The van der Waals surface area contributed by atoms with Gasteiger partial charge < -0.3 is 9.47 Å². The average Bonchev–Trinajstić information content (AvgIpc) is 2.30. The Balaban J connectivity index is 2.54. The van der Waals surface area contributed by atoms with Gasteiger partial charge in [0.1, 0.15) is 11.5 Å². The van der Waals surface area contributed by atoms with Crippen LogP contribution < -0.4 is 9.47 Å². The van der Waals surface area contributed by atoms with Crippen molar-refractivity contribution >= 4 is 5.78 Å². The summed E-state index contributed by atoms with van der Waals surface area (Å²) in [4.78, 5) is 11.9. The van der Waals surface area contributed by atoms with E-state index < -0.39 is 0 Å². The van der Waals surface area contributed by atoms with Gasteiger partial charge in [-0.2, -0.15) is 0 Å². The molecule has 0 saturated carbocycles. The van der Waals surface area contributed by atoms with Crippen molar-refractivity contribution in [2.24, 2.45) is 0 Å². The van der Waals surface area contributed by atoms with Crippen LogP contribution in [0.1, 0.15) is 35.7 Å². The molecule has 0 N–H and O–H groups in total. The molecule has 2 rings (SSSR count). The zero-order valence-corrected chi connectivity index (χ0v) is 9.71. The highest BCUT2D eigenvalue weighted by Crippen LogP contribution is 2.35. The third kappa shape index (κ3) is 1.77. The number of Topliss-reactive ketones (excluding diaryl/α,β-unsaturated/α-hetero) is 1. The largest absolute Gasteiger partial charge is 0.496 e. The Morgan fingerprint density at radius 1 is 1.25 bits per heavy atom. The van der Waals surface area contributed by atoms with Gasteiger partial charge in [0.2, 0.25) is 0 Å². The minimum Gasteiger partial charge on any atom is -0.496 e. The molecule has 0 saturated heterocycles. The molecule has 0 bridgehead atoms. The minimum absolute atomic E-state index is 0.166. The number of hydrogen-bond donors (Lipinski definition) is 0. The zero-order chi connectivity index (χ0) is 11.5. The van der Waals surface area contributed by atoms with Crippen molar-refractivity contribution in [1.29, 1.82) is 0 Å². The van der Waals surface area contributed by atoms with Gasteiger partial charge in [-0.15, -0.1) is 0 Å². The van der Waals surface area contributed by atoms with E-state index in [0.29, 0.717) is 18.8 Å². The predicted octanol–water partition coefficient (Wildman–Crippen LogP) is 2.61. The molecular weight excluding hydrogens is 204 g/mol. The second kappa shape index (κ2) is 4.56. The fourth-order valence-corrected chi connectivity index (χ4v) is 2.17. The SMILES string of the molecule is CCOc1ccc(OC)c2c1CCCC2=O. The Morgan fingerprint density at radius 3 is 2.69 bits per heavy atom. The molecule has 0 heterocycles. The first-order chi connectivity index (χ1) is 7.77. The summed E-state index contributed by atoms with van der Waals surface area (Å²) in [6.45, 7) is 2.56. The van der Waals surface area contributed by atoms with Crippen molar-refractivity contribution in [2.75, 3.05) is 13.7 Å². The standard InChI is InChI=1S/C13H16O3/c1-3-16-11-7-8-12(15-2)13-9(11)5-4-6-10(13)14/h7-8H,3-6H2,1-2H3. The van der Waals surface area contributed by atoms with Gasteiger partial charge in [0, 0.05) is 12.0 Å². The van der Waals surface area contributed by atoms with Crippen LogP contribution >= 0.6 is 0 Å². The summed E-state index contributed by atoms with van der Waals surface area (Å²) in [5, 5.41) is 0. The number of carbonyl (C=O) groups excluding carboxylic acids is 1. The van der Waals surface area contributed by atoms with Crippen LogP contribution in [-0.2, 0) is 6.42 Å². The van der Waals surface area contributed by atoms with E-state index in [1.54, 1.807) is 7.11 Å². The molecule has 0 aromatic heterocycles. The molecule has 1 aromatic rings. The summed E-state index contributed by atoms with van der Waals surface area (Å²) < 4.78 is 10.8. The summed E-state index contributed by atoms with van der Waals surface area (Å²) in [5.41, 5.74) is 1.73. The molecule has 1 aromatic carbocycles. The number of methoxy groups -OCH3 is 1. The molecule has 0 unspecified atom stereocenters. The maximum Gasteiger partial charge on any atom is 0.167 e. The molecular formula is C13H16O3. The molecule has 0 atom stereocenters. The van der Waals surface area contributed by atoms with Crippen LogP contribution in [0.15, 0.2) is 12.1 Å². The third-order valence-corrected chi connectivity index (χ3v) is 2.86. The second-order valence-electron chi connectivity index (χ2n) is 3.83. The van der Waals surface area contributed by atoms with Crippen LogP contribution in [0.2, 0.25) is 0 Å². The summed E-state index contributed by atoms with van der Waals surface area (Å²) in [6.07, 6.45) is 2.41. The smallest absolute Gasteiger partial charge is 0.167 e. The van der Waals surface area contributed by atoms with Crippen LogP contribution in [0.5, 0.6) is 11.5 Å². The van der Waals surface area contributed by atoms with E-state index in [0.717, 1.165) is 29.7 Å². The summed E-state index contributed by atoms with van der Waals surface area (Å²) >= 11 is 0. The maximum absolute atomic E-state index is 11.9. The Morgan fingerprint density at radius 2 is 2.00 bits per heavy atom. The summed E-state index contributed by atoms with van der Waals surface area (Å²) in [6, 6.07) is 3.70. The van der Waals surface area contributed by atoms with E-state index in [2.05, 4.69) is 0 Å². The highest BCUT2D eigenvalue weighted by molar-refractivity contribution is 6.01. The quantitative estimate of drug-likeness (QED) is 0.785. The molecule has 1 aliphatic carbocycles. The lowest BCUT2D eigenvalue weighted by atomic mass is 9.89. The van der Waals surface area contributed by atoms with Crippen molar-refractivity contribution < 1.29 is 14.3 Å². The number of benzene rings is 1. The Labute approximate surface area is 95.4 Å². The lowest BCUT2D eigenvalue weighted by Crippen LogP contribution is -2.14. The van der Waals surface area contributed by atoms with Gasteiger partial charge in [-0.1, -0.05) is 0 Å². The number of rotatable bonds is 3. The van der Waals surface area contributed by atoms with E-state index in [-0.39, 0.29) is 5.78 Å². The van der Waals surface area contributed by atoms with Gasteiger partial charge in [-0.25, -0.2) is 0 Å². The highest BCUT2D eigenvalue weighted by Gasteiger charge is 2.24. The molecule has 0 fully saturated rings. The molecule has 0 spiro atoms. The fraction of sp³-hybridized carbons (Fsp3) is 0.462. The van der Waals surface area contributed by atoms with Crippen molar-refractivity contribution in [1.82, 2.24) is 0 Å². The number of fused-ring (bicyclic) bond motifs is 1. The molecule has 86 valence electrons. The van der Waals surface area contributed by atoms with Crippen LogP contribution in [0.25, 0.3) is 0 Å². The molecule has 1 aliphatic rings. The van der Waals surface area contributed by atoms with Crippen LogP contribution in [0, 0.1) is 0 Å². The van der Waals surface area contributed by atoms with Gasteiger partial charge in [0.25, 0.3) is 0 Å². The van der Waals surface area contributed by atoms with Gasteiger partial charge >= 0.3 is 0 Å². The number of carbonyl (C=O) groups is 1. The summed E-state index contributed by atoms with van der Waals surface area (Å²) in [5.74, 6) is 1.66. The van der Waals surface area contributed by atoms with E-state index in [1.165, 1.54) is 0 Å². The van der Waals surface area contributed by atoms with Crippen molar-refractivity contribution in [3.8, 4) is 11.5 Å². The normalized spacial score (nSPS) is 14.5. The average molecular weight is 220 g/mol. The first-order valence-corrected chi connectivity index (χ1v) is 5.63. The fourth-order valence-electron chi connectivity index (χ4n) is 2.17. The lowest BCUT2D eigenvalue weighted by Gasteiger charge is -2.20. The van der Waals surface area contributed by atoms with Crippen molar-refractivity contribution in [3.63, 3.8) is 0 Å². The predicted molar refractivity (Wildman–Crippen MR) is 61.4 cm³/mol. The Bertz CT molecular complexity index is 410. The van der Waals surface area contributed by atoms with E-state index in [1.807, 2.05) is 19.1 Å². The van der Waals surface area contributed by atoms with Gasteiger partial charge in [-0.3, -0.25) is 4.79 Å². The number of hydrogen-bond acceptors (Lipinski definition) is 3. The molecule has 16 heavy (non-hydrogen) atoms. The molecule has 0 radical (unpaired) electrons. The third-order valence-electron chi connectivity index (χ3n) is 2.86. The molecule has 0 aliphatic heterocycles. The molecule has 3 nitrogen and oxygen atoms in total. The maximum atomic E-state index is 11.9. The Hall–Kier alpha value is -1.51. The molecule has 3 heteroatoms. The van der Waals surface area contributed by atoms with E-state index in [9.17, 15) is 4.79 Å². The number of ketones is 1. The first kappa shape index (κ1) is 11.0. The minimum atomic E-state index is 0.166. The zero-order valence-electron chi connectivity index (χ0n) is 9.71. The van der Waals surface area contributed by atoms with Crippen molar-refractivity contribution in [3.05, 3.63) is 23.3 Å². The van der Waals surface area contributed by atoms with Gasteiger partial charge in [0.15, 0.2) is 5.78 Å². The van der Waals surface area contributed by atoms with E-state index >= 15 is 0 Å².